The van der Waals surface area contributed by atoms with Crippen molar-refractivity contribution in [1.82, 2.24) is 4.31 Å². The van der Waals surface area contributed by atoms with Crippen molar-refractivity contribution in [3.8, 4) is 0 Å². The van der Waals surface area contributed by atoms with Crippen molar-refractivity contribution < 1.29 is 31.5 Å². The quantitative estimate of drug-likeness (QED) is 0.908. The van der Waals surface area contributed by atoms with Gasteiger partial charge in [0.15, 0.2) is 0 Å². The number of carboxylic acids is 1. The van der Waals surface area contributed by atoms with E-state index in [9.17, 15) is 26.4 Å². The van der Waals surface area contributed by atoms with Crippen molar-refractivity contribution in [3.05, 3.63) is 29.3 Å². The number of halogens is 3. The van der Waals surface area contributed by atoms with Crippen molar-refractivity contribution >= 4 is 16.0 Å². The average molecular weight is 351 g/mol. The molecule has 0 aromatic heterocycles. The topological polar surface area (TPSA) is 74.7 Å². The Balaban J connectivity index is 2.34. The first-order valence-electron chi connectivity index (χ1n) is 6.94. The predicted octanol–water partition coefficient (Wildman–Crippen LogP) is 2.50. The zero-order chi connectivity index (χ0) is 17.4. The van der Waals surface area contributed by atoms with Gasteiger partial charge in [-0.05, 0) is 43.5 Å². The molecule has 0 amide bonds. The molecule has 1 aliphatic heterocycles. The third-order valence-corrected chi connectivity index (χ3v) is 5.88. The zero-order valence-corrected chi connectivity index (χ0v) is 13.1. The Labute approximate surface area is 131 Å². The molecular weight excluding hydrogens is 335 g/mol. The summed E-state index contributed by atoms with van der Waals surface area (Å²) in [5, 5.41) is 9.03. The van der Waals surface area contributed by atoms with E-state index in [2.05, 4.69) is 0 Å². The molecule has 9 heteroatoms. The minimum absolute atomic E-state index is 0.0164. The van der Waals surface area contributed by atoms with E-state index in [4.69, 9.17) is 5.11 Å². The number of alkyl halides is 3. The van der Waals surface area contributed by atoms with Gasteiger partial charge in [0.05, 0.1) is 16.4 Å². The lowest BCUT2D eigenvalue weighted by atomic mass is 10.0. The molecule has 0 spiro atoms. The molecule has 0 saturated carbocycles. The number of sulfonamides is 1. The summed E-state index contributed by atoms with van der Waals surface area (Å²) in [5.41, 5.74) is -0.937. The Bertz CT molecular complexity index is 715. The fourth-order valence-corrected chi connectivity index (χ4v) is 4.35. The van der Waals surface area contributed by atoms with Crippen LogP contribution < -0.4 is 0 Å². The molecule has 0 aliphatic carbocycles. The minimum Gasteiger partial charge on any atom is -0.481 e. The Morgan fingerprint density at radius 2 is 2.00 bits per heavy atom. The van der Waals surface area contributed by atoms with Crippen LogP contribution in [-0.4, -0.2) is 36.9 Å². The largest absolute Gasteiger partial charge is 0.481 e. The number of aliphatic carboxylic acids is 1. The summed E-state index contributed by atoms with van der Waals surface area (Å²) >= 11 is 0. The van der Waals surface area contributed by atoms with Crippen molar-refractivity contribution in [2.24, 2.45) is 5.92 Å². The van der Waals surface area contributed by atoms with E-state index < -0.39 is 33.7 Å². The summed E-state index contributed by atoms with van der Waals surface area (Å²) in [4.78, 5) is 10.8. The molecule has 1 aliphatic rings. The second kappa shape index (κ2) is 6.12. The summed E-state index contributed by atoms with van der Waals surface area (Å²) in [6.07, 6.45) is -3.77. The maximum Gasteiger partial charge on any atom is 0.416 e. The SMILES string of the molecule is Cc1cc(C(F)(F)F)ccc1S(=O)(=O)N1CCCC(C(=O)O)C1. The number of aryl methyl sites for hydroxylation is 1. The molecule has 0 bridgehead atoms. The molecular formula is C14H16F3NO4S. The van der Waals surface area contributed by atoms with Gasteiger partial charge >= 0.3 is 12.1 Å². The number of piperidine rings is 1. The van der Waals surface area contributed by atoms with Crippen LogP contribution in [0.4, 0.5) is 13.2 Å². The fourth-order valence-electron chi connectivity index (χ4n) is 2.62. The van der Waals surface area contributed by atoms with Crippen LogP contribution in [0.25, 0.3) is 0 Å². The predicted molar refractivity (Wildman–Crippen MR) is 75.3 cm³/mol. The van der Waals surface area contributed by atoms with Gasteiger partial charge in [-0.15, -0.1) is 0 Å². The van der Waals surface area contributed by atoms with E-state index in [1.165, 1.54) is 6.92 Å². The van der Waals surface area contributed by atoms with Crippen molar-refractivity contribution in [2.75, 3.05) is 13.1 Å². The number of hydrogen-bond acceptors (Lipinski definition) is 3. The molecule has 0 radical (unpaired) electrons. The monoisotopic (exact) mass is 351 g/mol. The first-order valence-corrected chi connectivity index (χ1v) is 8.38. The third kappa shape index (κ3) is 3.66. The summed E-state index contributed by atoms with van der Waals surface area (Å²) < 4.78 is 64.2. The average Bonchev–Trinajstić information content (AvgIpc) is 2.46. The highest BCUT2D eigenvalue weighted by Crippen LogP contribution is 2.32. The Morgan fingerprint density at radius 3 is 2.52 bits per heavy atom. The highest BCUT2D eigenvalue weighted by molar-refractivity contribution is 7.89. The van der Waals surface area contributed by atoms with Crippen LogP contribution in [0.15, 0.2) is 23.1 Å². The smallest absolute Gasteiger partial charge is 0.416 e. The van der Waals surface area contributed by atoms with Crippen LogP contribution in [0.2, 0.25) is 0 Å². The van der Waals surface area contributed by atoms with Gasteiger partial charge in [-0.1, -0.05) is 0 Å². The van der Waals surface area contributed by atoms with Gasteiger partial charge in [-0.2, -0.15) is 17.5 Å². The minimum atomic E-state index is -4.55. The summed E-state index contributed by atoms with van der Waals surface area (Å²) in [6.45, 7) is 1.28. The van der Waals surface area contributed by atoms with Gasteiger partial charge in [0.25, 0.3) is 0 Å². The van der Waals surface area contributed by atoms with Crippen molar-refractivity contribution in [3.63, 3.8) is 0 Å². The molecule has 1 saturated heterocycles. The van der Waals surface area contributed by atoms with Gasteiger partial charge in [0.2, 0.25) is 10.0 Å². The lowest BCUT2D eigenvalue weighted by Crippen LogP contribution is -2.42. The molecule has 2 rings (SSSR count). The Morgan fingerprint density at radius 1 is 1.35 bits per heavy atom. The normalized spacial score (nSPS) is 20.4. The third-order valence-electron chi connectivity index (χ3n) is 3.85. The van der Waals surface area contributed by atoms with Crippen LogP contribution in [0.1, 0.15) is 24.0 Å². The fraction of sp³-hybridized carbons (Fsp3) is 0.500. The van der Waals surface area contributed by atoms with E-state index in [1.54, 1.807) is 0 Å². The first kappa shape index (κ1) is 17.7. The van der Waals surface area contributed by atoms with Gasteiger partial charge in [0, 0.05) is 13.1 Å². The second-order valence-corrected chi connectivity index (χ2v) is 7.42. The lowest BCUT2D eigenvalue weighted by Gasteiger charge is -2.30. The second-order valence-electron chi connectivity index (χ2n) is 5.52. The summed E-state index contributed by atoms with van der Waals surface area (Å²) in [6, 6.07) is 2.43. The molecule has 1 N–H and O–H groups in total. The number of hydrogen-bond donors (Lipinski definition) is 1. The van der Waals surface area contributed by atoms with Crippen molar-refractivity contribution in [2.45, 2.75) is 30.8 Å². The van der Waals surface area contributed by atoms with Crippen LogP contribution >= 0.6 is 0 Å². The maximum absolute atomic E-state index is 12.7. The van der Waals surface area contributed by atoms with E-state index in [1.807, 2.05) is 0 Å². The van der Waals surface area contributed by atoms with Crippen molar-refractivity contribution in [1.29, 1.82) is 0 Å². The number of carboxylic acid groups (broad SMARTS) is 1. The van der Waals surface area contributed by atoms with Crippen LogP contribution in [0.3, 0.4) is 0 Å². The summed E-state index contributed by atoms with van der Waals surface area (Å²) in [7, 11) is -4.02. The molecule has 1 aromatic carbocycles. The Hall–Kier alpha value is -1.61. The number of carbonyl (C=O) groups is 1. The highest BCUT2D eigenvalue weighted by Gasteiger charge is 2.35. The summed E-state index contributed by atoms with van der Waals surface area (Å²) in [5.74, 6) is -1.87. The van der Waals surface area contributed by atoms with Crippen LogP contribution in [-0.2, 0) is 21.0 Å². The Kier molecular flexibility index (Phi) is 4.72. The van der Waals surface area contributed by atoms with E-state index in [0.29, 0.717) is 12.8 Å². The van der Waals surface area contributed by atoms with E-state index in [-0.39, 0.29) is 23.5 Å². The molecule has 5 nitrogen and oxygen atoms in total. The van der Waals surface area contributed by atoms with Gasteiger partial charge < -0.3 is 5.11 Å². The van der Waals surface area contributed by atoms with E-state index in [0.717, 1.165) is 22.5 Å². The number of benzene rings is 1. The van der Waals surface area contributed by atoms with Gasteiger partial charge in [-0.25, -0.2) is 8.42 Å². The maximum atomic E-state index is 12.7. The molecule has 1 atom stereocenters. The highest BCUT2D eigenvalue weighted by atomic mass is 32.2. The standard InChI is InChI=1S/C14H16F3NO4S/c1-9-7-11(14(15,16)17)4-5-12(9)23(21,22)18-6-2-3-10(8-18)13(19)20/h4-5,7,10H,2-3,6,8H2,1H3,(H,19,20). The van der Waals surface area contributed by atoms with Crippen LogP contribution in [0, 0.1) is 12.8 Å². The molecule has 128 valence electrons. The molecule has 1 heterocycles. The lowest BCUT2D eigenvalue weighted by molar-refractivity contribution is -0.143. The van der Waals surface area contributed by atoms with Crippen LogP contribution in [0.5, 0.6) is 0 Å². The molecule has 1 unspecified atom stereocenters. The molecule has 1 aromatic rings. The molecule has 23 heavy (non-hydrogen) atoms. The number of nitrogens with zero attached hydrogens (tertiary/aromatic N) is 1. The first-order chi connectivity index (χ1) is 10.5. The molecule has 1 fully saturated rings. The number of rotatable bonds is 3. The van der Waals surface area contributed by atoms with Gasteiger partial charge in [0.1, 0.15) is 0 Å². The van der Waals surface area contributed by atoms with Gasteiger partial charge in [-0.3, -0.25) is 4.79 Å². The van der Waals surface area contributed by atoms with E-state index >= 15 is 0 Å². The zero-order valence-electron chi connectivity index (χ0n) is 12.3.